The first-order valence-electron chi connectivity index (χ1n) is 8.58. The summed E-state index contributed by atoms with van der Waals surface area (Å²) in [7, 11) is 0. The van der Waals surface area contributed by atoms with Crippen LogP contribution in [-0.4, -0.2) is 31.3 Å². The minimum Gasteiger partial charge on any atom is -0.447 e. The molecule has 1 heterocycles. The molecule has 2 fully saturated rings. The van der Waals surface area contributed by atoms with Crippen LogP contribution in [0.25, 0.3) is 0 Å². The highest BCUT2D eigenvalue weighted by Gasteiger charge is 2.39. The van der Waals surface area contributed by atoms with Gasteiger partial charge in [-0.25, -0.2) is 18.4 Å². The van der Waals surface area contributed by atoms with E-state index in [0.717, 1.165) is 5.56 Å². The number of anilines is 2. The fraction of sp³-hybridized carbons (Fsp3) is 0.263. The maximum atomic E-state index is 14.0. The van der Waals surface area contributed by atoms with Crippen molar-refractivity contribution in [2.45, 2.75) is 18.4 Å². The number of carbonyl (C=O) groups excluding carboxylic acids is 2. The van der Waals surface area contributed by atoms with Gasteiger partial charge in [0.05, 0.1) is 12.2 Å². The summed E-state index contributed by atoms with van der Waals surface area (Å²) in [6.45, 7) is 0.635. The number of nitrogens with zero attached hydrogens (tertiary/aromatic N) is 1. The number of benzene rings is 2. The predicted molar refractivity (Wildman–Crippen MR) is 94.8 cm³/mol. The van der Waals surface area contributed by atoms with Gasteiger partial charge in [-0.3, -0.25) is 4.90 Å². The van der Waals surface area contributed by atoms with E-state index in [1.54, 1.807) is 6.07 Å². The van der Waals surface area contributed by atoms with Crippen LogP contribution in [0.5, 0.6) is 0 Å². The number of nitrogens with one attached hydrogen (secondary N) is 2. The molecule has 0 radical (unpaired) electrons. The second kappa shape index (κ2) is 6.86. The Balaban J connectivity index is 1.39. The van der Waals surface area contributed by atoms with Gasteiger partial charge in [-0.05, 0) is 42.3 Å². The Morgan fingerprint density at radius 3 is 2.78 bits per heavy atom. The highest BCUT2D eigenvalue weighted by molar-refractivity contribution is 5.93. The Hall–Kier alpha value is -3.16. The summed E-state index contributed by atoms with van der Waals surface area (Å²) in [6.07, 6.45) is 0.187. The number of ether oxygens (including phenoxy) is 1. The Morgan fingerprint density at radius 1 is 1.19 bits per heavy atom. The van der Waals surface area contributed by atoms with Crippen molar-refractivity contribution < 1.29 is 23.1 Å². The molecule has 0 aromatic heterocycles. The number of amides is 3. The lowest BCUT2D eigenvalue weighted by Gasteiger charge is -2.15. The summed E-state index contributed by atoms with van der Waals surface area (Å²) >= 11 is 0. The van der Waals surface area contributed by atoms with E-state index in [4.69, 9.17) is 4.74 Å². The smallest absolute Gasteiger partial charge is 0.414 e. The fourth-order valence-electron chi connectivity index (χ4n) is 3.19. The molecular formula is C19H17F2N3O3. The van der Waals surface area contributed by atoms with Gasteiger partial charge in [-0.1, -0.05) is 12.1 Å². The van der Waals surface area contributed by atoms with Crippen molar-refractivity contribution in [3.8, 4) is 0 Å². The monoisotopic (exact) mass is 373 g/mol. The van der Waals surface area contributed by atoms with Gasteiger partial charge in [-0.15, -0.1) is 0 Å². The Kier molecular flexibility index (Phi) is 4.39. The molecule has 3 amide bonds. The van der Waals surface area contributed by atoms with E-state index in [1.807, 2.05) is 6.07 Å². The van der Waals surface area contributed by atoms with Crippen LogP contribution in [0.1, 0.15) is 17.9 Å². The van der Waals surface area contributed by atoms with Crippen LogP contribution < -0.4 is 15.5 Å². The minimum atomic E-state index is -0.612. The van der Waals surface area contributed by atoms with E-state index < -0.39 is 17.9 Å². The van der Waals surface area contributed by atoms with Crippen LogP contribution in [0, 0.1) is 11.6 Å². The highest BCUT2D eigenvalue weighted by atomic mass is 19.1. The molecule has 0 bridgehead atoms. The summed E-state index contributed by atoms with van der Waals surface area (Å²) in [5, 5.41) is 5.22. The van der Waals surface area contributed by atoms with Gasteiger partial charge < -0.3 is 15.4 Å². The zero-order valence-electron chi connectivity index (χ0n) is 14.2. The summed E-state index contributed by atoms with van der Waals surface area (Å²) in [6, 6.07) is 9.59. The summed E-state index contributed by atoms with van der Waals surface area (Å²) in [5.41, 5.74) is 1.23. The fourth-order valence-corrected chi connectivity index (χ4v) is 3.19. The summed E-state index contributed by atoms with van der Waals surface area (Å²) < 4.78 is 32.2. The molecule has 1 saturated heterocycles. The molecule has 6 nitrogen and oxygen atoms in total. The molecule has 1 aliphatic carbocycles. The molecule has 0 unspecified atom stereocenters. The minimum absolute atomic E-state index is 0.0346. The molecule has 8 heteroatoms. The highest BCUT2D eigenvalue weighted by Crippen LogP contribution is 2.41. The van der Waals surface area contributed by atoms with Crippen LogP contribution in [-0.2, 0) is 4.74 Å². The normalized spacial score (nSPS) is 21.0. The van der Waals surface area contributed by atoms with E-state index >= 15 is 0 Å². The third-order valence-corrected chi connectivity index (χ3v) is 4.65. The van der Waals surface area contributed by atoms with Crippen molar-refractivity contribution in [2.75, 3.05) is 23.4 Å². The third kappa shape index (κ3) is 3.69. The molecule has 2 aromatic carbocycles. The number of hydrogen-bond acceptors (Lipinski definition) is 3. The molecule has 1 aliphatic heterocycles. The topological polar surface area (TPSA) is 70.7 Å². The summed E-state index contributed by atoms with van der Waals surface area (Å²) in [4.78, 5) is 25.2. The number of urea groups is 1. The van der Waals surface area contributed by atoms with E-state index in [0.29, 0.717) is 18.7 Å². The van der Waals surface area contributed by atoms with Crippen LogP contribution in [0.4, 0.5) is 29.7 Å². The molecule has 2 atom stereocenters. The van der Waals surface area contributed by atoms with Gasteiger partial charge in [0.15, 0.2) is 0 Å². The zero-order valence-corrected chi connectivity index (χ0v) is 14.2. The van der Waals surface area contributed by atoms with E-state index in [-0.39, 0.29) is 30.1 Å². The number of cyclic esters (lactones) is 1. The predicted octanol–water partition coefficient (Wildman–Crippen LogP) is 3.60. The molecular weight excluding hydrogens is 356 g/mol. The number of rotatable bonds is 4. The largest absolute Gasteiger partial charge is 0.447 e. The van der Waals surface area contributed by atoms with Gasteiger partial charge in [0.25, 0.3) is 0 Å². The molecule has 0 spiro atoms. The first kappa shape index (κ1) is 17.3. The van der Waals surface area contributed by atoms with Gasteiger partial charge in [0.1, 0.15) is 18.2 Å². The second-order valence-electron chi connectivity index (χ2n) is 6.53. The Labute approximate surface area is 154 Å². The molecule has 4 rings (SSSR count). The standard InChI is InChI=1S/C19H17F2N3O3/c20-12-3-1-2-11(8-12)14-10-16(14)22-18(25)23-17-9-13(4-5-15(17)21)24-6-7-27-19(24)26/h1-5,8-9,14,16H,6-7,10H2,(H2,22,23,25)/t14-,16+/m0/s1. The van der Waals surface area contributed by atoms with Crippen molar-refractivity contribution in [1.82, 2.24) is 5.32 Å². The summed E-state index contributed by atoms with van der Waals surface area (Å²) in [5.74, 6) is -0.886. The average Bonchev–Trinajstić information content (AvgIpc) is 3.26. The van der Waals surface area contributed by atoms with Gasteiger partial charge in [0, 0.05) is 17.6 Å². The number of hydrogen-bond donors (Lipinski definition) is 2. The second-order valence-corrected chi connectivity index (χ2v) is 6.53. The molecule has 2 aromatic rings. The maximum absolute atomic E-state index is 14.0. The van der Waals surface area contributed by atoms with Crippen LogP contribution in [0.15, 0.2) is 42.5 Å². The van der Waals surface area contributed by atoms with Crippen LogP contribution in [0.3, 0.4) is 0 Å². The number of halogens is 2. The average molecular weight is 373 g/mol. The number of carbonyl (C=O) groups is 2. The van der Waals surface area contributed by atoms with E-state index in [9.17, 15) is 18.4 Å². The van der Waals surface area contributed by atoms with E-state index in [1.165, 1.54) is 35.2 Å². The van der Waals surface area contributed by atoms with Crippen molar-refractivity contribution >= 4 is 23.5 Å². The van der Waals surface area contributed by atoms with Gasteiger partial charge >= 0.3 is 12.1 Å². The SMILES string of the molecule is O=C(Nc1cc(N2CCOC2=O)ccc1F)N[C@@H]1C[C@H]1c1cccc(F)c1. The lowest BCUT2D eigenvalue weighted by Crippen LogP contribution is -2.31. The van der Waals surface area contributed by atoms with Gasteiger partial charge in [0.2, 0.25) is 0 Å². The van der Waals surface area contributed by atoms with Crippen molar-refractivity contribution in [3.63, 3.8) is 0 Å². The maximum Gasteiger partial charge on any atom is 0.414 e. The first-order valence-corrected chi connectivity index (χ1v) is 8.58. The van der Waals surface area contributed by atoms with Crippen LogP contribution in [0.2, 0.25) is 0 Å². The quantitative estimate of drug-likeness (QED) is 0.860. The first-order chi connectivity index (χ1) is 13.0. The lowest BCUT2D eigenvalue weighted by atomic mass is 10.1. The van der Waals surface area contributed by atoms with Crippen molar-refractivity contribution in [1.29, 1.82) is 0 Å². The molecule has 1 saturated carbocycles. The molecule has 2 aliphatic rings. The Bertz CT molecular complexity index is 906. The molecule has 140 valence electrons. The van der Waals surface area contributed by atoms with Crippen LogP contribution >= 0.6 is 0 Å². The van der Waals surface area contributed by atoms with Crippen molar-refractivity contribution in [3.05, 3.63) is 59.7 Å². The van der Waals surface area contributed by atoms with Gasteiger partial charge in [-0.2, -0.15) is 0 Å². The van der Waals surface area contributed by atoms with E-state index in [2.05, 4.69) is 10.6 Å². The third-order valence-electron chi connectivity index (χ3n) is 4.65. The molecule has 2 N–H and O–H groups in total. The zero-order chi connectivity index (χ0) is 19.0. The Morgan fingerprint density at radius 2 is 2.04 bits per heavy atom. The molecule has 27 heavy (non-hydrogen) atoms. The van der Waals surface area contributed by atoms with Crippen molar-refractivity contribution in [2.24, 2.45) is 0 Å². The lowest BCUT2D eigenvalue weighted by molar-refractivity contribution is 0.181.